The molecular weight excluding hydrogens is 332 g/mol. The van der Waals surface area contributed by atoms with E-state index in [4.69, 9.17) is 18.0 Å². The number of nitrogens with zero attached hydrogens (tertiary/aromatic N) is 4. The summed E-state index contributed by atoms with van der Waals surface area (Å²) in [5.74, 6) is 3.01. The molecule has 0 aliphatic carbocycles. The van der Waals surface area contributed by atoms with Crippen LogP contribution in [0.25, 0.3) is 5.69 Å². The van der Waals surface area contributed by atoms with Crippen molar-refractivity contribution < 1.29 is 4.79 Å². The molecule has 7 heteroatoms. The summed E-state index contributed by atoms with van der Waals surface area (Å²) < 4.78 is 1.58. The van der Waals surface area contributed by atoms with Crippen LogP contribution in [-0.4, -0.2) is 39.2 Å². The van der Waals surface area contributed by atoms with Gasteiger partial charge in [-0.05, 0) is 18.4 Å². The smallest absolute Gasteiger partial charge is 0.231 e. The van der Waals surface area contributed by atoms with Crippen LogP contribution in [0.2, 0.25) is 5.15 Å². The van der Waals surface area contributed by atoms with E-state index in [1.54, 1.807) is 41.1 Å². The Bertz CT molecular complexity index is 711. The second-order valence-corrected chi connectivity index (χ2v) is 6.21. The lowest BCUT2D eigenvalue weighted by Gasteiger charge is -2.22. The normalized spacial score (nSPS) is 11.7. The Kier molecular flexibility index (Phi) is 6.08. The molecule has 0 aromatic carbocycles. The van der Waals surface area contributed by atoms with Crippen LogP contribution in [0.5, 0.6) is 0 Å². The molecule has 0 aliphatic rings. The predicted molar refractivity (Wildman–Crippen MR) is 95.1 cm³/mol. The molecule has 0 unspecified atom stereocenters. The molecule has 2 aromatic rings. The molecule has 1 amide bonds. The van der Waals surface area contributed by atoms with E-state index in [0.717, 1.165) is 5.69 Å². The second-order valence-electron chi connectivity index (χ2n) is 4.95. The Balaban J connectivity index is 2.35. The van der Waals surface area contributed by atoms with Gasteiger partial charge in [-0.1, -0.05) is 24.4 Å². The van der Waals surface area contributed by atoms with Crippen LogP contribution in [0.3, 0.4) is 0 Å². The van der Waals surface area contributed by atoms with Crippen molar-refractivity contribution in [3.8, 4) is 18.0 Å². The number of pyridine rings is 1. The predicted octanol–water partition coefficient (Wildman–Crippen LogP) is 2.89. The maximum absolute atomic E-state index is 12.6. The zero-order chi connectivity index (χ0) is 16.8. The molecule has 1 atom stereocenters. The number of hydrogen-bond acceptors (Lipinski definition) is 4. The number of terminal acetylenes is 1. The number of amides is 1. The summed E-state index contributed by atoms with van der Waals surface area (Å²) in [6.07, 6.45) is 12.4. The third-order valence-corrected chi connectivity index (χ3v) is 4.31. The van der Waals surface area contributed by atoms with Gasteiger partial charge in [-0.15, -0.1) is 6.42 Å². The summed E-state index contributed by atoms with van der Waals surface area (Å²) >= 11 is 7.84. The zero-order valence-electron chi connectivity index (χ0n) is 12.9. The van der Waals surface area contributed by atoms with Gasteiger partial charge in [0.25, 0.3) is 0 Å². The number of carbonyl (C=O) groups excluding carboxylic acids is 1. The minimum atomic E-state index is -0.156. The van der Waals surface area contributed by atoms with Gasteiger partial charge < -0.3 is 0 Å². The van der Waals surface area contributed by atoms with Gasteiger partial charge in [-0.25, -0.2) is 4.68 Å². The highest BCUT2D eigenvalue weighted by molar-refractivity contribution is 7.98. The van der Waals surface area contributed by atoms with Crippen LogP contribution in [0.15, 0.2) is 30.7 Å². The molecule has 0 saturated heterocycles. The fraction of sp³-hybridized carbons (Fsp3) is 0.312. The third-order valence-electron chi connectivity index (χ3n) is 3.21. The van der Waals surface area contributed by atoms with Crippen LogP contribution in [0.1, 0.15) is 6.92 Å². The van der Waals surface area contributed by atoms with Gasteiger partial charge in [0.2, 0.25) is 5.91 Å². The Morgan fingerprint density at radius 2 is 2.39 bits per heavy atom. The van der Waals surface area contributed by atoms with Crippen molar-refractivity contribution in [2.24, 2.45) is 5.92 Å². The number of thioether (sulfide) groups is 1. The highest BCUT2D eigenvalue weighted by Gasteiger charge is 2.25. The van der Waals surface area contributed by atoms with Crippen molar-refractivity contribution in [1.29, 1.82) is 0 Å². The number of hydrogen-bond donors (Lipinski definition) is 0. The first-order chi connectivity index (χ1) is 11.1. The summed E-state index contributed by atoms with van der Waals surface area (Å²) in [5.41, 5.74) is 1.26. The number of carbonyl (C=O) groups is 1. The Hall–Kier alpha value is -1.97. The van der Waals surface area contributed by atoms with Crippen molar-refractivity contribution in [3.63, 3.8) is 0 Å². The topological polar surface area (TPSA) is 51.0 Å². The van der Waals surface area contributed by atoms with Crippen LogP contribution in [0.4, 0.5) is 5.69 Å². The maximum atomic E-state index is 12.6. The molecule has 0 fully saturated rings. The Morgan fingerprint density at radius 3 is 3.00 bits per heavy atom. The van der Waals surface area contributed by atoms with Crippen molar-refractivity contribution in [3.05, 3.63) is 35.9 Å². The number of aromatic nitrogens is 3. The Labute approximate surface area is 145 Å². The quantitative estimate of drug-likeness (QED) is 0.753. The summed E-state index contributed by atoms with van der Waals surface area (Å²) in [6, 6.07) is 3.65. The SMILES string of the molecule is C#CCN(C(=O)[C@H](C)CSC)c1cn(-c2cccnc2)nc1Cl. The van der Waals surface area contributed by atoms with E-state index in [0.29, 0.717) is 11.4 Å². The molecule has 120 valence electrons. The van der Waals surface area contributed by atoms with Crippen LogP contribution < -0.4 is 4.90 Å². The largest absolute Gasteiger partial charge is 0.296 e. The van der Waals surface area contributed by atoms with Gasteiger partial charge in [0.15, 0.2) is 5.15 Å². The summed E-state index contributed by atoms with van der Waals surface area (Å²) in [7, 11) is 0. The number of halogens is 1. The van der Waals surface area contributed by atoms with E-state index in [-0.39, 0.29) is 23.5 Å². The summed E-state index contributed by atoms with van der Waals surface area (Å²) in [6.45, 7) is 2.03. The molecule has 0 aliphatic heterocycles. The van der Waals surface area contributed by atoms with Gasteiger partial charge in [-0.3, -0.25) is 14.7 Å². The molecule has 2 aromatic heterocycles. The lowest BCUT2D eigenvalue weighted by Crippen LogP contribution is -2.36. The third kappa shape index (κ3) is 4.06. The average molecular weight is 349 g/mol. The number of rotatable bonds is 6. The summed E-state index contributed by atoms with van der Waals surface area (Å²) in [4.78, 5) is 18.2. The molecule has 0 spiro atoms. The van der Waals surface area contributed by atoms with E-state index >= 15 is 0 Å². The number of anilines is 1. The van der Waals surface area contributed by atoms with E-state index in [9.17, 15) is 4.79 Å². The lowest BCUT2D eigenvalue weighted by atomic mass is 10.2. The van der Waals surface area contributed by atoms with E-state index in [1.807, 2.05) is 19.2 Å². The molecule has 0 saturated carbocycles. The molecule has 0 N–H and O–H groups in total. The molecule has 2 rings (SSSR count). The van der Waals surface area contributed by atoms with Crippen LogP contribution >= 0.6 is 23.4 Å². The van der Waals surface area contributed by atoms with Gasteiger partial charge in [0, 0.05) is 17.9 Å². The Morgan fingerprint density at radius 1 is 1.61 bits per heavy atom. The molecule has 0 radical (unpaired) electrons. The van der Waals surface area contributed by atoms with Crippen LogP contribution in [-0.2, 0) is 4.79 Å². The van der Waals surface area contributed by atoms with Crippen molar-refractivity contribution in [1.82, 2.24) is 14.8 Å². The first-order valence-electron chi connectivity index (χ1n) is 6.97. The minimum Gasteiger partial charge on any atom is -0.296 e. The van der Waals surface area contributed by atoms with Gasteiger partial charge >= 0.3 is 0 Å². The lowest BCUT2D eigenvalue weighted by molar-refractivity contribution is -0.121. The second kappa shape index (κ2) is 8.04. The maximum Gasteiger partial charge on any atom is 0.231 e. The molecular formula is C16H17ClN4OS. The zero-order valence-corrected chi connectivity index (χ0v) is 14.5. The highest BCUT2D eigenvalue weighted by atomic mass is 35.5. The van der Waals surface area contributed by atoms with Gasteiger partial charge in [0.1, 0.15) is 5.69 Å². The molecule has 23 heavy (non-hydrogen) atoms. The molecule has 0 bridgehead atoms. The van der Waals surface area contributed by atoms with E-state index in [1.165, 1.54) is 4.90 Å². The molecule has 5 nitrogen and oxygen atoms in total. The fourth-order valence-corrected chi connectivity index (χ4v) is 2.98. The monoisotopic (exact) mass is 348 g/mol. The van der Waals surface area contributed by atoms with E-state index in [2.05, 4.69) is 16.0 Å². The summed E-state index contributed by atoms with van der Waals surface area (Å²) in [5, 5.41) is 4.48. The van der Waals surface area contributed by atoms with E-state index < -0.39 is 0 Å². The van der Waals surface area contributed by atoms with Gasteiger partial charge in [-0.2, -0.15) is 16.9 Å². The standard InChI is InChI=1S/C16H17ClN4OS/c1-4-8-20(16(22)12(2)11-23-3)14-10-21(19-15(14)17)13-6-5-7-18-9-13/h1,5-7,9-10,12H,8,11H2,2-3H3/t12-/m1/s1. The van der Waals surface area contributed by atoms with Crippen molar-refractivity contribution >= 4 is 35.0 Å². The van der Waals surface area contributed by atoms with Crippen molar-refractivity contribution in [2.75, 3.05) is 23.5 Å². The van der Waals surface area contributed by atoms with Crippen LogP contribution in [0, 0.1) is 18.3 Å². The minimum absolute atomic E-state index is 0.0649. The first-order valence-corrected chi connectivity index (χ1v) is 8.75. The average Bonchev–Trinajstić information content (AvgIpc) is 2.94. The molecule has 2 heterocycles. The van der Waals surface area contributed by atoms with Crippen molar-refractivity contribution in [2.45, 2.75) is 6.92 Å². The van der Waals surface area contributed by atoms with Gasteiger partial charge in [0.05, 0.1) is 24.6 Å². The fourth-order valence-electron chi connectivity index (χ4n) is 2.11. The first kappa shape index (κ1) is 17.4. The highest BCUT2D eigenvalue weighted by Crippen LogP contribution is 2.27.